The van der Waals surface area contributed by atoms with Gasteiger partial charge in [-0.25, -0.2) is 0 Å². The van der Waals surface area contributed by atoms with Crippen LogP contribution in [0.4, 0.5) is 26.3 Å². The number of benzene rings is 2. The van der Waals surface area contributed by atoms with Crippen molar-refractivity contribution in [1.82, 2.24) is 5.32 Å². The Bertz CT molecular complexity index is 959. The molecule has 0 bridgehead atoms. The van der Waals surface area contributed by atoms with Gasteiger partial charge in [-0.2, -0.15) is 26.3 Å². The third kappa shape index (κ3) is 5.21. The first-order valence-corrected chi connectivity index (χ1v) is 14.2. The van der Waals surface area contributed by atoms with Crippen molar-refractivity contribution >= 4 is 8.32 Å². The fourth-order valence-corrected chi connectivity index (χ4v) is 5.69. The Kier molecular flexibility index (Phi) is 7.07. The van der Waals surface area contributed by atoms with E-state index >= 15 is 0 Å². The van der Waals surface area contributed by atoms with Gasteiger partial charge in [0.05, 0.1) is 11.1 Å². The number of hydrogen-bond donors (Lipinski definition) is 1. The van der Waals surface area contributed by atoms with Gasteiger partial charge in [0.25, 0.3) is 0 Å². The minimum atomic E-state index is -4.95. The summed E-state index contributed by atoms with van der Waals surface area (Å²) in [6, 6.07) is 10.0. The molecule has 34 heavy (non-hydrogen) atoms. The van der Waals surface area contributed by atoms with Crippen LogP contribution in [0.5, 0.6) is 0 Å². The summed E-state index contributed by atoms with van der Waals surface area (Å²) in [6.45, 7) is 10.5. The van der Waals surface area contributed by atoms with Crippen LogP contribution in [0.3, 0.4) is 0 Å². The topological polar surface area (TPSA) is 21.3 Å². The standard InChI is InChI=1S/C25H31F6NOSi/c1-22(2,3)34(4,5)33-23(21-12-9-13-32-21,17-10-7-6-8-11-17)18-14-19(24(26,27)28)16-20(15-18)25(29,30)31/h6-8,10-11,14-16,21,32H,9,12-13H2,1-5H3/t21-,23-/m0/s1. The quantitative estimate of drug-likeness (QED) is 0.333. The van der Waals surface area contributed by atoms with Crippen molar-refractivity contribution < 1.29 is 30.8 Å². The van der Waals surface area contributed by atoms with Gasteiger partial charge in [0.1, 0.15) is 5.60 Å². The molecule has 0 radical (unpaired) electrons. The number of nitrogens with one attached hydrogen (secondary N) is 1. The van der Waals surface area contributed by atoms with Gasteiger partial charge >= 0.3 is 12.4 Å². The van der Waals surface area contributed by atoms with Gasteiger partial charge < -0.3 is 9.74 Å². The van der Waals surface area contributed by atoms with E-state index in [1.54, 1.807) is 30.3 Å². The Hall–Kier alpha value is -1.84. The van der Waals surface area contributed by atoms with Crippen LogP contribution in [0.25, 0.3) is 0 Å². The van der Waals surface area contributed by atoms with Crippen molar-refractivity contribution in [2.75, 3.05) is 6.54 Å². The average molecular weight is 504 g/mol. The van der Waals surface area contributed by atoms with E-state index in [1.807, 2.05) is 33.9 Å². The summed E-state index contributed by atoms with van der Waals surface area (Å²) in [7, 11) is -2.70. The molecular formula is C25H31F6NOSi. The first kappa shape index (κ1) is 26.8. The van der Waals surface area contributed by atoms with E-state index in [2.05, 4.69) is 5.32 Å². The lowest BCUT2D eigenvalue weighted by molar-refractivity contribution is -0.143. The average Bonchev–Trinajstić information content (AvgIpc) is 3.25. The summed E-state index contributed by atoms with van der Waals surface area (Å²) in [5.74, 6) is 0. The van der Waals surface area contributed by atoms with E-state index in [-0.39, 0.29) is 16.7 Å². The van der Waals surface area contributed by atoms with E-state index in [4.69, 9.17) is 4.43 Å². The molecule has 1 fully saturated rings. The molecule has 0 aromatic heterocycles. The second-order valence-corrected chi connectivity index (χ2v) is 15.1. The highest BCUT2D eigenvalue weighted by Gasteiger charge is 2.52. The minimum Gasteiger partial charge on any atom is -0.402 e. The van der Waals surface area contributed by atoms with Crippen molar-refractivity contribution in [3.63, 3.8) is 0 Å². The molecule has 0 spiro atoms. The minimum absolute atomic E-state index is 0.134. The SMILES string of the molecule is CC(C)(C)[Si](C)(C)O[C@@](c1ccccc1)(c1cc(C(F)(F)F)cc(C(F)(F)F)c1)[C@@H]1CCCN1. The number of hydrogen-bond acceptors (Lipinski definition) is 2. The van der Waals surface area contributed by atoms with Crippen molar-refractivity contribution in [3.05, 3.63) is 70.8 Å². The Morgan fingerprint density at radius 2 is 1.29 bits per heavy atom. The van der Waals surface area contributed by atoms with E-state index in [0.717, 1.165) is 18.6 Å². The maximum Gasteiger partial charge on any atom is 0.416 e. The van der Waals surface area contributed by atoms with Crippen molar-refractivity contribution in [1.29, 1.82) is 0 Å². The molecule has 3 rings (SSSR count). The highest BCUT2D eigenvalue weighted by Crippen LogP contribution is 2.49. The zero-order chi connectivity index (χ0) is 25.6. The third-order valence-electron chi connectivity index (χ3n) is 6.99. The summed E-state index contributed by atoms with van der Waals surface area (Å²) >= 11 is 0. The lowest BCUT2D eigenvalue weighted by Gasteiger charge is -2.49. The summed E-state index contributed by atoms with van der Waals surface area (Å²) in [5, 5.41) is 2.99. The zero-order valence-corrected chi connectivity index (χ0v) is 21.0. The Morgan fingerprint density at radius 1 is 0.794 bits per heavy atom. The first-order chi connectivity index (χ1) is 15.5. The second kappa shape index (κ2) is 8.99. The molecule has 1 aliphatic heterocycles. The molecule has 2 aromatic rings. The Balaban J connectivity index is 2.42. The van der Waals surface area contributed by atoms with E-state index in [9.17, 15) is 26.3 Å². The van der Waals surface area contributed by atoms with Gasteiger partial charge in [-0.3, -0.25) is 0 Å². The molecule has 1 aliphatic rings. The third-order valence-corrected chi connectivity index (χ3v) is 11.4. The van der Waals surface area contributed by atoms with Crippen LogP contribution < -0.4 is 5.32 Å². The predicted octanol–water partition coefficient (Wildman–Crippen LogP) is 7.74. The lowest BCUT2D eigenvalue weighted by atomic mass is 9.78. The molecular weight excluding hydrogens is 472 g/mol. The molecule has 0 unspecified atom stereocenters. The molecule has 1 heterocycles. The van der Waals surface area contributed by atoms with Crippen LogP contribution in [0.15, 0.2) is 48.5 Å². The van der Waals surface area contributed by atoms with E-state index < -0.39 is 43.4 Å². The number of alkyl halides is 6. The van der Waals surface area contributed by atoms with Gasteiger partial charge in [-0.15, -0.1) is 0 Å². The second-order valence-electron chi connectivity index (χ2n) is 10.4. The van der Waals surface area contributed by atoms with Crippen LogP contribution >= 0.6 is 0 Å². The monoisotopic (exact) mass is 503 g/mol. The van der Waals surface area contributed by atoms with Gasteiger partial charge in [0.15, 0.2) is 8.32 Å². The smallest absolute Gasteiger partial charge is 0.402 e. The van der Waals surface area contributed by atoms with E-state index in [1.165, 1.54) is 0 Å². The highest BCUT2D eigenvalue weighted by atomic mass is 28.4. The van der Waals surface area contributed by atoms with Gasteiger partial charge in [0.2, 0.25) is 0 Å². The van der Waals surface area contributed by atoms with Crippen LogP contribution in [-0.2, 0) is 22.4 Å². The Morgan fingerprint density at radius 3 is 1.71 bits per heavy atom. The zero-order valence-electron chi connectivity index (χ0n) is 20.0. The van der Waals surface area contributed by atoms with Gasteiger partial charge in [-0.05, 0) is 66.8 Å². The Labute approximate surface area is 197 Å². The summed E-state index contributed by atoms with van der Waals surface area (Å²) in [5.41, 5.74) is -3.80. The molecule has 1 saturated heterocycles. The molecule has 1 N–H and O–H groups in total. The fourth-order valence-electron chi connectivity index (χ4n) is 4.20. The molecule has 188 valence electrons. The van der Waals surface area contributed by atoms with Crippen LogP contribution in [0.1, 0.15) is 55.9 Å². The fraction of sp³-hybridized carbons (Fsp3) is 0.520. The van der Waals surface area contributed by atoms with Crippen molar-refractivity contribution in [2.24, 2.45) is 0 Å². The normalized spacial score (nSPS) is 19.8. The van der Waals surface area contributed by atoms with Gasteiger partial charge in [0, 0.05) is 6.04 Å². The molecule has 2 aromatic carbocycles. The molecule has 0 aliphatic carbocycles. The molecule has 0 amide bonds. The molecule has 2 atom stereocenters. The van der Waals surface area contributed by atoms with E-state index in [0.29, 0.717) is 18.5 Å². The van der Waals surface area contributed by atoms with Crippen molar-refractivity contribution in [2.45, 2.75) is 75.7 Å². The number of rotatable bonds is 5. The molecule has 9 heteroatoms. The van der Waals surface area contributed by atoms with Crippen molar-refractivity contribution in [3.8, 4) is 0 Å². The summed E-state index contributed by atoms with van der Waals surface area (Å²) in [6.07, 6.45) is -8.59. The highest BCUT2D eigenvalue weighted by molar-refractivity contribution is 6.74. The van der Waals surface area contributed by atoms with Crippen LogP contribution in [0, 0.1) is 0 Å². The largest absolute Gasteiger partial charge is 0.416 e. The molecule has 2 nitrogen and oxygen atoms in total. The summed E-state index contributed by atoms with van der Waals surface area (Å²) < 4.78 is 89.8. The lowest BCUT2D eigenvalue weighted by Crippen LogP contribution is -2.56. The predicted molar refractivity (Wildman–Crippen MR) is 123 cm³/mol. The molecule has 0 saturated carbocycles. The maximum atomic E-state index is 13.8. The first-order valence-electron chi connectivity index (χ1n) is 11.3. The van der Waals surface area contributed by atoms with Crippen LogP contribution in [-0.4, -0.2) is 20.9 Å². The maximum absolute atomic E-state index is 13.8. The number of halogens is 6. The van der Waals surface area contributed by atoms with Crippen LogP contribution in [0.2, 0.25) is 18.1 Å². The van der Waals surface area contributed by atoms with Gasteiger partial charge in [-0.1, -0.05) is 51.1 Å². The summed E-state index contributed by atoms with van der Waals surface area (Å²) in [4.78, 5) is 0.